The summed E-state index contributed by atoms with van der Waals surface area (Å²) in [5, 5.41) is 8.06. The van der Waals surface area contributed by atoms with Crippen molar-refractivity contribution < 1.29 is 0 Å². The molecule has 4 heteroatoms. The Kier molecular flexibility index (Phi) is 3.11. The molecule has 4 nitrogen and oxygen atoms in total. The van der Waals surface area contributed by atoms with Crippen molar-refractivity contribution in [2.24, 2.45) is 7.05 Å². The van der Waals surface area contributed by atoms with E-state index in [1.807, 2.05) is 24.0 Å². The van der Waals surface area contributed by atoms with Gasteiger partial charge in [-0.3, -0.25) is 9.67 Å². The zero-order chi connectivity index (χ0) is 12.4. The van der Waals surface area contributed by atoms with E-state index in [-0.39, 0.29) is 0 Å². The summed E-state index contributed by atoms with van der Waals surface area (Å²) in [4.78, 5) is 4.17. The molecule has 0 atom stereocenters. The zero-order valence-corrected chi connectivity index (χ0v) is 10.6. The van der Waals surface area contributed by atoms with Crippen LogP contribution < -0.4 is 5.32 Å². The minimum absolute atomic E-state index is 0.600. The fraction of sp³-hybridized carbons (Fsp3) is 0.429. The summed E-state index contributed by atoms with van der Waals surface area (Å²) in [6.45, 7) is 2.20. The van der Waals surface area contributed by atoms with Gasteiger partial charge in [-0.25, -0.2) is 0 Å². The van der Waals surface area contributed by atoms with Gasteiger partial charge in [0.05, 0.1) is 11.4 Å². The first kappa shape index (κ1) is 11.4. The second kappa shape index (κ2) is 4.90. The molecule has 1 fully saturated rings. The van der Waals surface area contributed by atoms with Gasteiger partial charge >= 0.3 is 0 Å². The molecule has 0 radical (unpaired) electrons. The second-order valence-electron chi connectivity index (χ2n) is 4.84. The van der Waals surface area contributed by atoms with Crippen LogP contribution in [0.1, 0.15) is 24.5 Å². The lowest BCUT2D eigenvalue weighted by atomic mass is 9.94. The van der Waals surface area contributed by atoms with Gasteiger partial charge in [-0.1, -0.05) is 0 Å². The molecule has 18 heavy (non-hydrogen) atoms. The van der Waals surface area contributed by atoms with Gasteiger partial charge in [-0.2, -0.15) is 5.10 Å². The van der Waals surface area contributed by atoms with E-state index < -0.39 is 0 Å². The number of rotatable bonds is 2. The maximum Gasteiger partial charge on any atom is 0.0697 e. The molecule has 3 heterocycles. The molecule has 0 aromatic carbocycles. The van der Waals surface area contributed by atoms with Crippen molar-refractivity contribution in [3.05, 3.63) is 36.3 Å². The Morgan fingerprint density at radius 3 is 2.89 bits per heavy atom. The third kappa shape index (κ3) is 2.16. The van der Waals surface area contributed by atoms with E-state index in [1.54, 1.807) is 6.20 Å². The van der Waals surface area contributed by atoms with E-state index in [9.17, 15) is 0 Å². The van der Waals surface area contributed by atoms with Crippen molar-refractivity contribution in [1.82, 2.24) is 20.1 Å². The standard InChI is InChI=1S/C14H18N4/c1-18-14(12-3-2-6-16-10-12)9-13(17-18)11-4-7-15-8-5-11/h2-3,6,9-11,15H,4-5,7-8H2,1H3. The molecule has 0 unspecified atom stereocenters. The van der Waals surface area contributed by atoms with Crippen LogP contribution in [0.3, 0.4) is 0 Å². The molecule has 0 spiro atoms. The molecule has 1 aliphatic heterocycles. The second-order valence-corrected chi connectivity index (χ2v) is 4.84. The minimum atomic E-state index is 0.600. The molecule has 0 saturated carbocycles. The minimum Gasteiger partial charge on any atom is -0.317 e. The van der Waals surface area contributed by atoms with Gasteiger partial charge in [0, 0.05) is 30.9 Å². The number of hydrogen-bond donors (Lipinski definition) is 1. The highest BCUT2D eigenvalue weighted by molar-refractivity contribution is 5.58. The van der Waals surface area contributed by atoms with Crippen molar-refractivity contribution in [2.45, 2.75) is 18.8 Å². The van der Waals surface area contributed by atoms with E-state index in [2.05, 4.69) is 27.5 Å². The van der Waals surface area contributed by atoms with Crippen molar-refractivity contribution >= 4 is 0 Å². The highest BCUT2D eigenvalue weighted by atomic mass is 15.3. The Balaban J connectivity index is 1.91. The van der Waals surface area contributed by atoms with E-state index in [0.29, 0.717) is 5.92 Å². The number of aromatic nitrogens is 3. The normalized spacial score (nSPS) is 16.9. The highest BCUT2D eigenvalue weighted by Crippen LogP contribution is 2.27. The molecule has 1 saturated heterocycles. The molecule has 3 rings (SSSR count). The highest BCUT2D eigenvalue weighted by Gasteiger charge is 2.19. The summed E-state index contributed by atoms with van der Waals surface area (Å²) in [6.07, 6.45) is 6.06. The maximum absolute atomic E-state index is 4.67. The van der Waals surface area contributed by atoms with E-state index in [1.165, 1.54) is 18.5 Å². The molecular formula is C14H18N4. The van der Waals surface area contributed by atoms with Crippen LogP contribution in [0.25, 0.3) is 11.3 Å². The van der Waals surface area contributed by atoms with Crippen LogP contribution in [0, 0.1) is 0 Å². The van der Waals surface area contributed by atoms with Crippen LogP contribution in [0.2, 0.25) is 0 Å². The smallest absolute Gasteiger partial charge is 0.0697 e. The first-order valence-corrected chi connectivity index (χ1v) is 6.49. The van der Waals surface area contributed by atoms with Gasteiger partial charge in [0.15, 0.2) is 0 Å². The van der Waals surface area contributed by atoms with Crippen LogP contribution in [0.15, 0.2) is 30.6 Å². The fourth-order valence-electron chi connectivity index (χ4n) is 2.59. The molecule has 1 aliphatic rings. The molecule has 0 bridgehead atoms. The van der Waals surface area contributed by atoms with Crippen LogP contribution >= 0.6 is 0 Å². The van der Waals surface area contributed by atoms with Gasteiger partial charge < -0.3 is 5.32 Å². The summed E-state index contributed by atoms with van der Waals surface area (Å²) >= 11 is 0. The van der Waals surface area contributed by atoms with Crippen molar-refractivity contribution in [3.63, 3.8) is 0 Å². The number of hydrogen-bond acceptors (Lipinski definition) is 3. The summed E-state index contributed by atoms with van der Waals surface area (Å²) in [5.74, 6) is 0.600. The number of aryl methyl sites for hydroxylation is 1. The lowest BCUT2D eigenvalue weighted by molar-refractivity contribution is 0.450. The van der Waals surface area contributed by atoms with Gasteiger partial charge in [-0.15, -0.1) is 0 Å². The number of nitrogens with one attached hydrogen (secondary N) is 1. The first-order chi connectivity index (χ1) is 8.84. The average molecular weight is 242 g/mol. The fourth-order valence-corrected chi connectivity index (χ4v) is 2.59. The Hall–Kier alpha value is -1.68. The molecule has 0 aliphatic carbocycles. The van der Waals surface area contributed by atoms with Crippen molar-refractivity contribution in [3.8, 4) is 11.3 Å². The SMILES string of the molecule is Cn1nc(C2CCNCC2)cc1-c1cccnc1. The predicted octanol–water partition coefficient (Wildman–Crippen LogP) is 1.95. The van der Waals surface area contributed by atoms with Gasteiger partial charge in [-0.05, 0) is 44.1 Å². The Bertz CT molecular complexity index is 512. The van der Waals surface area contributed by atoms with Gasteiger partial charge in [0.25, 0.3) is 0 Å². The third-order valence-corrected chi connectivity index (χ3v) is 3.61. The molecule has 2 aromatic heterocycles. The number of pyridine rings is 1. The van der Waals surface area contributed by atoms with Crippen LogP contribution in [-0.2, 0) is 7.05 Å². The molecule has 2 aromatic rings. The zero-order valence-electron chi connectivity index (χ0n) is 10.6. The van der Waals surface area contributed by atoms with E-state index in [4.69, 9.17) is 0 Å². The predicted molar refractivity (Wildman–Crippen MR) is 71.3 cm³/mol. The Morgan fingerprint density at radius 2 is 2.17 bits per heavy atom. The molecule has 94 valence electrons. The molecule has 1 N–H and O–H groups in total. The summed E-state index contributed by atoms with van der Waals surface area (Å²) in [5.41, 5.74) is 3.50. The van der Waals surface area contributed by atoms with Crippen molar-refractivity contribution in [1.29, 1.82) is 0 Å². The van der Waals surface area contributed by atoms with Crippen molar-refractivity contribution in [2.75, 3.05) is 13.1 Å². The summed E-state index contributed by atoms with van der Waals surface area (Å²) in [6, 6.07) is 6.26. The maximum atomic E-state index is 4.67. The number of nitrogens with zero attached hydrogens (tertiary/aromatic N) is 3. The van der Waals surface area contributed by atoms with Crippen LogP contribution in [-0.4, -0.2) is 27.9 Å². The van der Waals surface area contributed by atoms with Crippen LogP contribution in [0.4, 0.5) is 0 Å². The summed E-state index contributed by atoms with van der Waals surface area (Å²) < 4.78 is 1.97. The monoisotopic (exact) mass is 242 g/mol. The first-order valence-electron chi connectivity index (χ1n) is 6.49. The third-order valence-electron chi connectivity index (χ3n) is 3.61. The van der Waals surface area contributed by atoms with Gasteiger partial charge in [0.1, 0.15) is 0 Å². The lowest BCUT2D eigenvalue weighted by Crippen LogP contribution is -2.26. The average Bonchev–Trinajstić information content (AvgIpc) is 2.83. The lowest BCUT2D eigenvalue weighted by Gasteiger charge is -2.20. The van der Waals surface area contributed by atoms with E-state index in [0.717, 1.165) is 24.3 Å². The topological polar surface area (TPSA) is 42.7 Å². The van der Waals surface area contributed by atoms with Crippen LogP contribution in [0.5, 0.6) is 0 Å². The quantitative estimate of drug-likeness (QED) is 0.875. The van der Waals surface area contributed by atoms with Gasteiger partial charge in [0.2, 0.25) is 0 Å². The Morgan fingerprint density at radius 1 is 1.33 bits per heavy atom. The number of piperidine rings is 1. The van der Waals surface area contributed by atoms with E-state index >= 15 is 0 Å². The largest absolute Gasteiger partial charge is 0.317 e. The Labute approximate surface area is 107 Å². The summed E-state index contributed by atoms with van der Waals surface area (Å²) in [7, 11) is 2.01. The molecular weight excluding hydrogens is 224 g/mol. The molecule has 0 amide bonds.